The molecule has 20 heavy (non-hydrogen) atoms. The molecule has 0 amide bonds. The predicted octanol–water partition coefficient (Wildman–Crippen LogP) is -2.53. The van der Waals surface area contributed by atoms with E-state index >= 15 is 0 Å². The van der Waals surface area contributed by atoms with Gasteiger partial charge >= 0.3 is 35.8 Å². The maximum absolute atomic E-state index is 9.10. The fraction of sp³-hybridized carbons (Fsp3) is 0. The van der Waals surface area contributed by atoms with E-state index in [0.717, 1.165) is 0 Å². The van der Waals surface area contributed by atoms with E-state index in [0.29, 0.717) is 0 Å². The summed E-state index contributed by atoms with van der Waals surface area (Å²) in [6.45, 7) is 0. The van der Waals surface area contributed by atoms with Gasteiger partial charge in [0.25, 0.3) is 0 Å². The maximum atomic E-state index is 9.10. The van der Waals surface area contributed by atoms with Gasteiger partial charge in [0.15, 0.2) is 0 Å². The number of carboxylic acids is 6. The van der Waals surface area contributed by atoms with Crippen molar-refractivity contribution in [2.75, 3.05) is 0 Å². The summed E-state index contributed by atoms with van der Waals surface area (Å²) < 4.78 is 0. The zero-order valence-electron chi connectivity index (χ0n) is 9.12. The van der Waals surface area contributed by atoms with E-state index in [1.165, 1.54) is 0 Å². The Bertz CT molecular complexity index is 283. The Labute approximate surface area is 169 Å². The van der Waals surface area contributed by atoms with Crippen LogP contribution in [0.1, 0.15) is 0 Å². The van der Waals surface area contributed by atoms with Gasteiger partial charge in [-0.05, 0) is 0 Å². The molecule has 111 valence electrons. The van der Waals surface area contributed by atoms with Crippen LogP contribution >= 0.6 is 0 Å². The van der Waals surface area contributed by atoms with E-state index < -0.39 is 35.8 Å². The van der Waals surface area contributed by atoms with Crippen LogP contribution in [0, 0.1) is 76.0 Å². The van der Waals surface area contributed by atoms with Gasteiger partial charge in [-0.25, -0.2) is 28.8 Å². The summed E-state index contributed by atoms with van der Waals surface area (Å²) in [4.78, 5) is 54.6. The molecule has 0 atom stereocenters. The molecule has 1 radical (unpaired) electrons. The zero-order chi connectivity index (χ0) is 15.5. The largest absolute Gasteiger partial charge is 0.473 e. The van der Waals surface area contributed by atoms with Gasteiger partial charge in [-0.15, -0.1) is 0 Å². The first-order chi connectivity index (χ1) is 7.93. The van der Waals surface area contributed by atoms with Crippen LogP contribution in [-0.4, -0.2) is 66.5 Å². The van der Waals surface area contributed by atoms with Crippen molar-refractivity contribution >= 4 is 35.8 Å². The van der Waals surface area contributed by atoms with Gasteiger partial charge < -0.3 is 30.6 Å². The number of carbonyl (C=O) groups is 6. The predicted molar refractivity (Wildman–Crippen MR) is 45.8 cm³/mol. The molecule has 0 aliphatic heterocycles. The number of hydrogen-bond donors (Lipinski definition) is 6. The van der Waals surface area contributed by atoms with Crippen molar-refractivity contribution < 1.29 is 135 Å². The number of rotatable bonds is 0. The number of hydrogen-bond acceptors (Lipinski definition) is 6. The van der Waals surface area contributed by atoms with Crippen LogP contribution in [0.5, 0.6) is 0 Å². The Morgan fingerprint density at radius 3 is 0.450 bits per heavy atom. The van der Waals surface area contributed by atoms with E-state index in [1.807, 2.05) is 0 Å². The van der Waals surface area contributed by atoms with Crippen molar-refractivity contribution in [1.29, 1.82) is 0 Å². The molecule has 0 aromatic heterocycles. The SMILES string of the molecule is O=C(O)C(=O)O.O=C(O)C(=O)O.O=C(O)C(=O)O.[La].[Sm]. The molecule has 0 aliphatic rings. The maximum Gasteiger partial charge on any atom is 0.414 e. The van der Waals surface area contributed by atoms with Gasteiger partial charge in [0, 0.05) is 76.0 Å². The number of carboxylic acid groups (broad SMARTS) is 6. The standard InChI is InChI=1S/3C2H2O4.La.Sm/c3*3-1(4)2(5)6;;/h3*(H,3,4)(H,5,6);;. The molecular formula is C6H6LaO12Sm. The third-order valence-electron chi connectivity index (χ3n) is 0.549. The van der Waals surface area contributed by atoms with Gasteiger partial charge in [0.2, 0.25) is 0 Å². The molecule has 0 heterocycles. The molecule has 0 saturated carbocycles. The molecule has 0 aliphatic carbocycles. The van der Waals surface area contributed by atoms with Crippen LogP contribution in [0.25, 0.3) is 0 Å². The van der Waals surface area contributed by atoms with Crippen molar-refractivity contribution in [3.63, 3.8) is 0 Å². The third kappa shape index (κ3) is 36.0. The first-order valence-corrected chi connectivity index (χ1v) is 3.32. The summed E-state index contributed by atoms with van der Waals surface area (Å²) in [5.41, 5.74) is 0. The van der Waals surface area contributed by atoms with Crippen LogP contribution in [0.15, 0.2) is 0 Å². The fourth-order valence-electron chi connectivity index (χ4n) is 0. The molecule has 0 fully saturated rings. The van der Waals surface area contributed by atoms with Gasteiger partial charge in [-0.3, -0.25) is 0 Å². The van der Waals surface area contributed by atoms with Crippen LogP contribution in [0.4, 0.5) is 0 Å². The van der Waals surface area contributed by atoms with Crippen molar-refractivity contribution in [1.82, 2.24) is 0 Å². The fourth-order valence-corrected chi connectivity index (χ4v) is 0. The molecule has 0 rings (SSSR count). The molecule has 0 spiro atoms. The number of aliphatic carboxylic acids is 6. The summed E-state index contributed by atoms with van der Waals surface area (Å²) in [5.74, 6) is -10.9. The topological polar surface area (TPSA) is 224 Å². The monoisotopic (exact) mass is 561 g/mol. The molecular weight excluding hydrogens is 553 g/mol. The van der Waals surface area contributed by atoms with Crippen LogP contribution in [0.3, 0.4) is 0 Å². The van der Waals surface area contributed by atoms with E-state index in [9.17, 15) is 0 Å². The van der Waals surface area contributed by atoms with E-state index in [1.54, 1.807) is 0 Å². The summed E-state index contributed by atoms with van der Waals surface area (Å²) in [5, 5.41) is 44.3. The zero-order valence-corrected chi connectivity index (χ0v) is 15.4. The average molecular weight is 559 g/mol. The van der Waals surface area contributed by atoms with E-state index in [2.05, 4.69) is 0 Å². The molecule has 6 N–H and O–H groups in total. The van der Waals surface area contributed by atoms with Crippen molar-refractivity contribution in [2.45, 2.75) is 0 Å². The third-order valence-corrected chi connectivity index (χ3v) is 0.549. The molecule has 14 heteroatoms. The smallest absolute Gasteiger partial charge is 0.414 e. The van der Waals surface area contributed by atoms with Crippen LogP contribution < -0.4 is 0 Å². The summed E-state index contributed by atoms with van der Waals surface area (Å²) in [6, 6.07) is 0. The Balaban J connectivity index is -0.0000000536. The van der Waals surface area contributed by atoms with Gasteiger partial charge in [0.05, 0.1) is 0 Å². The Kier molecular flexibility index (Phi) is 29.0. The average Bonchev–Trinajstić information content (AvgIpc) is 2.18. The quantitative estimate of drug-likeness (QED) is 0.169. The normalized spacial score (nSPS) is 6.60. The van der Waals surface area contributed by atoms with E-state index in [4.69, 9.17) is 59.4 Å². The second kappa shape index (κ2) is 18.4. The van der Waals surface area contributed by atoms with Gasteiger partial charge in [-0.1, -0.05) is 0 Å². The van der Waals surface area contributed by atoms with Crippen LogP contribution in [-0.2, 0) is 28.8 Å². The minimum atomic E-state index is -1.82. The van der Waals surface area contributed by atoms with Crippen molar-refractivity contribution in [2.24, 2.45) is 0 Å². The molecule has 0 aromatic rings. The van der Waals surface area contributed by atoms with Crippen molar-refractivity contribution in [3.8, 4) is 0 Å². The summed E-state index contributed by atoms with van der Waals surface area (Å²) in [7, 11) is 0. The second-order valence-corrected chi connectivity index (χ2v) is 1.83. The molecule has 0 unspecified atom stereocenters. The minimum absolute atomic E-state index is 0. The first-order valence-electron chi connectivity index (χ1n) is 3.32. The Morgan fingerprint density at radius 2 is 0.450 bits per heavy atom. The van der Waals surface area contributed by atoms with Crippen LogP contribution in [0.2, 0.25) is 0 Å². The molecule has 0 saturated heterocycles. The Morgan fingerprint density at radius 1 is 0.400 bits per heavy atom. The molecule has 0 bridgehead atoms. The second-order valence-electron chi connectivity index (χ2n) is 1.83. The molecule has 0 aromatic carbocycles. The van der Waals surface area contributed by atoms with Gasteiger partial charge in [-0.2, -0.15) is 0 Å². The Hall–Kier alpha value is -0.648. The summed E-state index contributed by atoms with van der Waals surface area (Å²) >= 11 is 0. The van der Waals surface area contributed by atoms with Gasteiger partial charge in [0.1, 0.15) is 0 Å². The molecule has 12 nitrogen and oxygen atoms in total. The van der Waals surface area contributed by atoms with Crippen molar-refractivity contribution in [3.05, 3.63) is 0 Å². The summed E-state index contributed by atoms with van der Waals surface area (Å²) in [6.07, 6.45) is 0. The minimum Gasteiger partial charge on any atom is -0.473 e. The first kappa shape index (κ1) is 31.6. The van der Waals surface area contributed by atoms with E-state index in [-0.39, 0.29) is 76.0 Å².